The summed E-state index contributed by atoms with van der Waals surface area (Å²) in [5.74, 6) is 0.764. The van der Waals surface area contributed by atoms with Crippen LogP contribution >= 0.6 is 15.9 Å². The fourth-order valence-electron chi connectivity index (χ4n) is 1.65. The molecule has 0 aromatic rings. The molecule has 1 unspecified atom stereocenters. The van der Waals surface area contributed by atoms with Crippen LogP contribution in [0.3, 0.4) is 0 Å². The lowest BCUT2D eigenvalue weighted by Gasteiger charge is -2.28. The number of hydrogen-bond donors (Lipinski definition) is 1. The molecule has 1 saturated heterocycles. The van der Waals surface area contributed by atoms with Crippen LogP contribution in [0.25, 0.3) is 0 Å². The second-order valence-electron chi connectivity index (χ2n) is 3.64. The van der Waals surface area contributed by atoms with Crippen molar-refractivity contribution in [1.82, 2.24) is 5.32 Å². The molecule has 0 aliphatic carbocycles. The fourth-order valence-corrected chi connectivity index (χ4v) is 1.82. The second kappa shape index (κ2) is 5.78. The standard InChI is InChI=1S/C10H18BrNO/c1-8(11)7-12-9(2)10-3-5-13-6-4-10/h9-10,12H,1,3-7H2,2H3. The van der Waals surface area contributed by atoms with E-state index in [1.165, 1.54) is 12.8 Å². The monoisotopic (exact) mass is 247 g/mol. The molecule has 13 heavy (non-hydrogen) atoms. The van der Waals surface area contributed by atoms with E-state index in [0.717, 1.165) is 30.2 Å². The predicted molar refractivity (Wildman–Crippen MR) is 59.1 cm³/mol. The molecule has 0 aromatic carbocycles. The summed E-state index contributed by atoms with van der Waals surface area (Å²) in [6.07, 6.45) is 2.37. The summed E-state index contributed by atoms with van der Waals surface area (Å²) >= 11 is 3.35. The van der Waals surface area contributed by atoms with Crippen LogP contribution in [0.4, 0.5) is 0 Å². The average molecular weight is 248 g/mol. The summed E-state index contributed by atoms with van der Waals surface area (Å²) in [6, 6.07) is 0.568. The Morgan fingerprint density at radius 1 is 1.62 bits per heavy atom. The lowest BCUT2D eigenvalue weighted by Crippen LogP contribution is -2.37. The Morgan fingerprint density at radius 2 is 2.23 bits per heavy atom. The molecule has 1 atom stereocenters. The highest BCUT2D eigenvalue weighted by atomic mass is 79.9. The summed E-state index contributed by atoms with van der Waals surface area (Å²) in [4.78, 5) is 0. The highest BCUT2D eigenvalue weighted by Gasteiger charge is 2.19. The van der Waals surface area contributed by atoms with Crippen molar-refractivity contribution in [3.63, 3.8) is 0 Å². The molecule has 3 heteroatoms. The van der Waals surface area contributed by atoms with Gasteiger partial charge in [0.25, 0.3) is 0 Å². The number of nitrogens with one attached hydrogen (secondary N) is 1. The molecule has 0 bridgehead atoms. The molecule has 0 aromatic heterocycles. The second-order valence-corrected chi connectivity index (χ2v) is 4.76. The summed E-state index contributed by atoms with van der Waals surface area (Å²) in [7, 11) is 0. The lowest BCUT2D eigenvalue weighted by molar-refractivity contribution is 0.0564. The molecule has 2 nitrogen and oxygen atoms in total. The molecule has 1 heterocycles. The maximum atomic E-state index is 5.32. The number of ether oxygens (including phenoxy) is 1. The molecule has 0 radical (unpaired) electrons. The third-order valence-electron chi connectivity index (χ3n) is 2.59. The quantitative estimate of drug-likeness (QED) is 0.824. The van der Waals surface area contributed by atoms with E-state index in [4.69, 9.17) is 4.74 Å². The van der Waals surface area contributed by atoms with Crippen LogP contribution in [0.5, 0.6) is 0 Å². The van der Waals surface area contributed by atoms with Crippen molar-refractivity contribution in [2.24, 2.45) is 5.92 Å². The van der Waals surface area contributed by atoms with Gasteiger partial charge in [-0.25, -0.2) is 0 Å². The molecule has 1 fully saturated rings. The molecule has 0 spiro atoms. The van der Waals surface area contributed by atoms with Gasteiger partial charge in [-0.2, -0.15) is 0 Å². The van der Waals surface area contributed by atoms with E-state index < -0.39 is 0 Å². The molecule has 1 aliphatic heterocycles. The van der Waals surface area contributed by atoms with Gasteiger partial charge < -0.3 is 10.1 Å². The fraction of sp³-hybridized carbons (Fsp3) is 0.800. The SMILES string of the molecule is C=C(Br)CNC(C)C1CCOCC1. The van der Waals surface area contributed by atoms with Crippen molar-refractivity contribution in [3.05, 3.63) is 11.1 Å². The van der Waals surface area contributed by atoms with Gasteiger partial charge in [-0.1, -0.05) is 22.5 Å². The minimum absolute atomic E-state index is 0.568. The smallest absolute Gasteiger partial charge is 0.0469 e. The molecule has 1 aliphatic rings. The summed E-state index contributed by atoms with van der Waals surface area (Å²) in [5, 5.41) is 3.45. The predicted octanol–water partition coefficient (Wildman–Crippen LogP) is 2.30. The van der Waals surface area contributed by atoms with E-state index in [2.05, 4.69) is 34.7 Å². The van der Waals surface area contributed by atoms with Crippen LogP contribution in [0, 0.1) is 5.92 Å². The zero-order valence-corrected chi connectivity index (χ0v) is 9.77. The van der Waals surface area contributed by atoms with E-state index in [9.17, 15) is 0 Å². The van der Waals surface area contributed by atoms with Crippen LogP contribution in [0.15, 0.2) is 11.1 Å². The van der Waals surface area contributed by atoms with Crippen molar-refractivity contribution >= 4 is 15.9 Å². The van der Waals surface area contributed by atoms with Crippen molar-refractivity contribution < 1.29 is 4.74 Å². The Bertz CT molecular complexity index is 166. The summed E-state index contributed by atoms with van der Waals surface area (Å²) in [6.45, 7) is 8.75. The Hall–Kier alpha value is 0.140. The zero-order chi connectivity index (χ0) is 9.68. The van der Waals surface area contributed by atoms with Gasteiger partial charge in [0, 0.05) is 30.3 Å². The highest BCUT2D eigenvalue weighted by molar-refractivity contribution is 9.11. The Kier molecular flexibility index (Phi) is 4.99. The molecule has 76 valence electrons. The lowest BCUT2D eigenvalue weighted by atomic mass is 9.93. The molecule has 1 N–H and O–H groups in total. The van der Waals surface area contributed by atoms with E-state index in [1.54, 1.807) is 0 Å². The van der Waals surface area contributed by atoms with E-state index in [-0.39, 0.29) is 0 Å². The van der Waals surface area contributed by atoms with Crippen molar-refractivity contribution in [2.75, 3.05) is 19.8 Å². The summed E-state index contributed by atoms with van der Waals surface area (Å²) < 4.78 is 6.34. The molecular formula is C10H18BrNO. The van der Waals surface area contributed by atoms with Crippen molar-refractivity contribution in [1.29, 1.82) is 0 Å². The van der Waals surface area contributed by atoms with Crippen LogP contribution in [-0.4, -0.2) is 25.8 Å². The topological polar surface area (TPSA) is 21.3 Å². The number of hydrogen-bond acceptors (Lipinski definition) is 2. The van der Waals surface area contributed by atoms with Crippen LogP contribution < -0.4 is 5.32 Å². The zero-order valence-electron chi connectivity index (χ0n) is 8.18. The van der Waals surface area contributed by atoms with Gasteiger partial charge in [-0.3, -0.25) is 0 Å². The van der Waals surface area contributed by atoms with Gasteiger partial charge in [-0.05, 0) is 25.7 Å². The molecular weight excluding hydrogens is 230 g/mol. The van der Waals surface area contributed by atoms with Crippen LogP contribution in [0.2, 0.25) is 0 Å². The Morgan fingerprint density at radius 3 is 2.77 bits per heavy atom. The Labute approximate surface area is 88.9 Å². The third kappa shape index (κ3) is 4.25. The molecule has 0 amide bonds. The van der Waals surface area contributed by atoms with E-state index >= 15 is 0 Å². The average Bonchev–Trinajstić information content (AvgIpc) is 2.15. The summed E-state index contributed by atoms with van der Waals surface area (Å²) in [5.41, 5.74) is 0. The Balaban J connectivity index is 2.20. The van der Waals surface area contributed by atoms with Gasteiger partial charge in [0.2, 0.25) is 0 Å². The van der Waals surface area contributed by atoms with Gasteiger partial charge in [0.1, 0.15) is 0 Å². The first-order valence-electron chi connectivity index (χ1n) is 4.84. The largest absolute Gasteiger partial charge is 0.381 e. The van der Waals surface area contributed by atoms with Gasteiger partial charge in [0.05, 0.1) is 0 Å². The van der Waals surface area contributed by atoms with Gasteiger partial charge in [-0.15, -0.1) is 0 Å². The highest BCUT2D eigenvalue weighted by Crippen LogP contribution is 2.18. The first-order valence-corrected chi connectivity index (χ1v) is 5.64. The van der Waals surface area contributed by atoms with Crippen molar-refractivity contribution in [3.8, 4) is 0 Å². The first kappa shape index (κ1) is 11.2. The third-order valence-corrected chi connectivity index (χ3v) is 2.87. The molecule has 0 saturated carbocycles. The van der Waals surface area contributed by atoms with Crippen LogP contribution in [0.1, 0.15) is 19.8 Å². The maximum absolute atomic E-state index is 5.32. The van der Waals surface area contributed by atoms with Gasteiger partial charge >= 0.3 is 0 Å². The first-order chi connectivity index (χ1) is 6.20. The van der Waals surface area contributed by atoms with Gasteiger partial charge in [0.15, 0.2) is 0 Å². The van der Waals surface area contributed by atoms with E-state index in [1.807, 2.05) is 0 Å². The van der Waals surface area contributed by atoms with Crippen LogP contribution in [-0.2, 0) is 4.74 Å². The normalized spacial score (nSPS) is 21.4. The number of rotatable bonds is 4. The molecule has 1 rings (SSSR count). The number of halogens is 1. The minimum atomic E-state index is 0.568. The van der Waals surface area contributed by atoms with E-state index in [0.29, 0.717) is 6.04 Å². The van der Waals surface area contributed by atoms with Crippen molar-refractivity contribution in [2.45, 2.75) is 25.8 Å². The maximum Gasteiger partial charge on any atom is 0.0469 e. The minimum Gasteiger partial charge on any atom is -0.381 e.